The molecule has 1 aliphatic heterocycles. The van der Waals surface area contributed by atoms with Gasteiger partial charge < -0.3 is 19.1 Å². The van der Waals surface area contributed by atoms with Gasteiger partial charge in [0.05, 0.1) is 25.5 Å². The third kappa shape index (κ3) is 3.39. The summed E-state index contributed by atoms with van der Waals surface area (Å²) >= 11 is 0. The number of hydrogen-bond acceptors (Lipinski definition) is 5. The summed E-state index contributed by atoms with van der Waals surface area (Å²) in [5.74, 6) is -0.154. The molecule has 0 unspecified atom stereocenters. The van der Waals surface area contributed by atoms with Crippen LogP contribution in [0.5, 0.6) is 5.75 Å². The molecule has 2 heterocycles. The molecule has 0 atom stereocenters. The molecule has 0 bridgehead atoms. The minimum Gasteiger partial charge on any atom is -0.503 e. The Labute approximate surface area is 118 Å². The molecule has 0 spiro atoms. The minimum absolute atomic E-state index is 0.154. The number of aromatic nitrogens is 1. The highest BCUT2D eigenvalue weighted by Crippen LogP contribution is 2.17. The lowest BCUT2D eigenvalue weighted by atomic mass is 10.2. The van der Waals surface area contributed by atoms with Crippen LogP contribution in [0.1, 0.15) is 11.4 Å². The Kier molecular flexibility index (Phi) is 5.17. The number of aromatic hydroxyl groups is 1. The first-order valence-electron chi connectivity index (χ1n) is 6.85. The minimum atomic E-state index is -0.320. The molecule has 20 heavy (non-hydrogen) atoms. The molecule has 0 amide bonds. The van der Waals surface area contributed by atoms with Crippen LogP contribution >= 0.6 is 0 Å². The summed E-state index contributed by atoms with van der Waals surface area (Å²) in [6, 6.07) is 1.47. The number of aryl methyl sites for hydroxylation is 1. The Bertz CT molecular complexity index is 507. The van der Waals surface area contributed by atoms with Gasteiger partial charge in [0.15, 0.2) is 5.75 Å². The number of pyridine rings is 1. The van der Waals surface area contributed by atoms with Gasteiger partial charge in [-0.15, -0.1) is 0 Å². The molecule has 0 aliphatic carbocycles. The van der Waals surface area contributed by atoms with Crippen LogP contribution < -0.4 is 5.43 Å². The molecule has 1 saturated heterocycles. The molecule has 0 aromatic carbocycles. The zero-order valence-electron chi connectivity index (χ0n) is 12.1. The molecule has 0 radical (unpaired) electrons. The average Bonchev–Trinajstić information content (AvgIpc) is 2.45. The van der Waals surface area contributed by atoms with Crippen LogP contribution in [0.2, 0.25) is 0 Å². The molecule has 1 N–H and O–H groups in total. The predicted molar refractivity (Wildman–Crippen MR) is 75.1 cm³/mol. The van der Waals surface area contributed by atoms with Crippen molar-refractivity contribution in [2.75, 3.05) is 40.0 Å². The van der Waals surface area contributed by atoms with Crippen molar-refractivity contribution in [3.63, 3.8) is 0 Å². The Morgan fingerprint density at radius 1 is 1.40 bits per heavy atom. The lowest BCUT2D eigenvalue weighted by Crippen LogP contribution is -2.37. The quantitative estimate of drug-likeness (QED) is 0.844. The van der Waals surface area contributed by atoms with Gasteiger partial charge in [-0.2, -0.15) is 0 Å². The van der Waals surface area contributed by atoms with Crippen molar-refractivity contribution < 1.29 is 14.6 Å². The van der Waals surface area contributed by atoms with Gasteiger partial charge >= 0.3 is 0 Å². The van der Waals surface area contributed by atoms with E-state index in [0.29, 0.717) is 38.6 Å². The largest absolute Gasteiger partial charge is 0.503 e. The van der Waals surface area contributed by atoms with Crippen molar-refractivity contribution in [1.82, 2.24) is 9.47 Å². The van der Waals surface area contributed by atoms with Gasteiger partial charge in [-0.3, -0.25) is 9.69 Å². The third-order valence-corrected chi connectivity index (χ3v) is 3.59. The van der Waals surface area contributed by atoms with Crippen molar-refractivity contribution >= 4 is 0 Å². The molecule has 1 aromatic rings. The van der Waals surface area contributed by atoms with E-state index < -0.39 is 0 Å². The van der Waals surface area contributed by atoms with Gasteiger partial charge in [0.2, 0.25) is 5.43 Å². The predicted octanol–water partition coefficient (Wildman–Crippen LogP) is 0.341. The monoisotopic (exact) mass is 282 g/mol. The SMILES string of the molecule is COCCn1c(C)cc(=O)c(O)c1CN1CCOCC1. The second-order valence-corrected chi connectivity index (χ2v) is 4.98. The molecule has 1 aromatic heterocycles. The first-order chi connectivity index (χ1) is 9.63. The highest BCUT2D eigenvalue weighted by Gasteiger charge is 2.18. The highest BCUT2D eigenvalue weighted by atomic mass is 16.5. The standard InChI is InChI=1S/C14H22N2O4/c1-11-9-13(17)14(18)12(16(11)5-6-19-2)10-15-3-7-20-8-4-15/h9,18H,3-8,10H2,1-2H3. The molecule has 2 rings (SSSR count). The summed E-state index contributed by atoms with van der Waals surface area (Å²) in [5.41, 5.74) is 1.18. The molecular weight excluding hydrogens is 260 g/mol. The molecular formula is C14H22N2O4. The van der Waals surface area contributed by atoms with E-state index in [9.17, 15) is 9.90 Å². The smallest absolute Gasteiger partial charge is 0.223 e. The Hall–Kier alpha value is -1.37. The maximum atomic E-state index is 11.8. The van der Waals surface area contributed by atoms with Crippen molar-refractivity contribution in [2.45, 2.75) is 20.0 Å². The Morgan fingerprint density at radius 3 is 2.75 bits per heavy atom. The summed E-state index contributed by atoms with van der Waals surface area (Å²) in [5, 5.41) is 10.1. The van der Waals surface area contributed by atoms with Crippen LogP contribution in [-0.2, 0) is 22.6 Å². The molecule has 1 fully saturated rings. The van der Waals surface area contributed by atoms with E-state index in [1.807, 2.05) is 11.5 Å². The summed E-state index contributed by atoms with van der Waals surface area (Å²) in [6.45, 7) is 6.59. The number of hydrogen-bond donors (Lipinski definition) is 1. The summed E-state index contributed by atoms with van der Waals surface area (Å²) in [4.78, 5) is 14.0. The van der Waals surface area contributed by atoms with Crippen LogP contribution in [-0.4, -0.2) is 54.6 Å². The number of nitrogens with zero attached hydrogens (tertiary/aromatic N) is 2. The number of methoxy groups -OCH3 is 1. The second-order valence-electron chi connectivity index (χ2n) is 4.98. The number of morpholine rings is 1. The van der Waals surface area contributed by atoms with Crippen molar-refractivity contribution in [3.8, 4) is 5.75 Å². The molecule has 6 nitrogen and oxygen atoms in total. The zero-order valence-corrected chi connectivity index (χ0v) is 12.1. The number of ether oxygens (including phenoxy) is 2. The maximum absolute atomic E-state index is 11.8. The van der Waals surface area contributed by atoms with Crippen molar-refractivity contribution in [2.24, 2.45) is 0 Å². The van der Waals surface area contributed by atoms with Gasteiger partial charge in [-0.05, 0) is 6.92 Å². The fraction of sp³-hybridized carbons (Fsp3) is 0.643. The van der Waals surface area contributed by atoms with Crippen LogP contribution in [0.4, 0.5) is 0 Å². The zero-order chi connectivity index (χ0) is 14.5. The first kappa shape index (κ1) is 15.0. The van der Waals surface area contributed by atoms with Gasteiger partial charge in [-0.25, -0.2) is 0 Å². The average molecular weight is 282 g/mol. The lowest BCUT2D eigenvalue weighted by Gasteiger charge is -2.28. The van der Waals surface area contributed by atoms with Crippen molar-refractivity contribution in [3.05, 3.63) is 27.7 Å². The molecule has 1 aliphatic rings. The van der Waals surface area contributed by atoms with E-state index in [2.05, 4.69) is 4.90 Å². The number of rotatable bonds is 5. The maximum Gasteiger partial charge on any atom is 0.223 e. The van der Waals surface area contributed by atoms with E-state index in [0.717, 1.165) is 18.8 Å². The summed E-state index contributed by atoms with van der Waals surface area (Å²) < 4.78 is 12.4. The normalized spacial score (nSPS) is 16.5. The third-order valence-electron chi connectivity index (χ3n) is 3.59. The fourth-order valence-electron chi connectivity index (χ4n) is 2.44. The summed E-state index contributed by atoms with van der Waals surface area (Å²) in [7, 11) is 1.64. The van der Waals surface area contributed by atoms with Crippen LogP contribution in [0.15, 0.2) is 10.9 Å². The van der Waals surface area contributed by atoms with Gasteiger partial charge in [0, 0.05) is 45.0 Å². The van der Waals surface area contributed by atoms with Gasteiger partial charge in [-0.1, -0.05) is 0 Å². The first-order valence-corrected chi connectivity index (χ1v) is 6.85. The van der Waals surface area contributed by atoms with Gasteiger partial charge in [0.25, 0.3) is 0 Å². The lowest BCUT2D eigenvalue weighted by molar-refractivity contribution is 0.0324. The van der Waals surface area contributed by atoms with Crippen LogP contribution in [0.3, 0.4) is 0 Å². The highest BCUT2D eigenvalue weighted by molar-refractivity contribution is 5.29. The van der Waals surface area contributed by atoms with E-state index in [-0.39, 0.29) is 11.2 Å². The van der Waals surface area contributed by atoms with Crippen molar-refractivity contribution in [1.29, 1.82) is 0 Å². The second kappa shape index (κ2) is 6.88. The molecule has 0 saturated carbocycles. The Morgan fingerprint density at radius 2 is 2.10 bits per heavy atom. The Balaban J connectivity index is 2.29. The molecule has 112 valence electrons. The summed E-state index contributed by atoms with van der Waals surface area (Å²) in [6.07, 6.45) is 0. The van der Waals surface area contributed by atoms with E-state index in [1.165, 1.54) is 6.07 Å². The van der Waals surface area contributed by atoms with Crippen LogP contribution in [0, 0.1) is 6.92 Å². The van der Waals surface area contributed by atoms with E-state index in [4.69, 9.17) is 9.47 Å². The van der Waals surface area contributed by atoms with E-state index >= 15 is 0 Å². The van der Waals surface area contributed by atoms with E-state index in [1.54, 1.807) is 7.11 Å². The van der Waals surface area contributed by atoms with Gasteiger partial charge in [0.1, 0.15) is 0 Å². The topological polar surface area (TPSA) is 63.9 Å². The fourth-order valence-corrected chi connectivity index (χ4v) is 2.44. The molecule has 6 heteroatoms. The van der Waals surface area contributed by atoms with Crippen LogP contribution in [0.25, 0.3) is 0 Å².